The van der Waals surface area contributed by atoms with Crippen molar-refractivity contribution in [1.82, 2.24) is 19.6 Å². The molecule has 1 aliphatic heterocycles. The Morgan fingerprint density at radius 3 is 2.37 bits per heavy atom. The lowest BCUT2D eigenvalue weighted by molar-refractivity contribution is -0.384. The molecule has 4 rings (SSSR count). The van der Waals surface area contributed by atoms with Crippen LogP contribution in [0.3, 0.4) is 0 Å². The number of aliphatic hydroxyl groups is 1. The van der Waals surface area contributed by atoms with Gasteiger partial charge in [0.25, 0.3) is 17.4 Å². The number of carbonyl (C=O) groups is 2. The van der Waals surface area contributed by atoms with Gasteiger partial charge in [-0.2, -0.15) is 5.10 Å². The van der Waals surface area contributed by atoms with Crippen LogP contribution in [0.25, 0.3) is 11.4 Å². The summed E-state index contributed by atoms with van der Waals surface area (Å²) in [6.07, 6.45) is 1.46. The number of likely N-dealkylation sites (N-methyl/N-ethyl adjacent to an activating group) is 1. The van der Waals surface area contributed by atoms with E-state index in [0.717, 1.165) is 5.69 Å². The number of nitro benzene ring substituents is 1. The molecule has 1 aromatic heterocycles. The number of amides is 1. The number of hydrogen-bond acceptors (Lipinski definition) is 7. The molecule has 180 valence electrons. The Morgan fingerprint density at radius 1 is 1.11 bits per heavy atom. The summed E-state index contributed by atoms with van der Waals surface area (Å²) in [4.78, 5) is 40.0. The molecule has 1 amide bonds. The van der Waals surface area contributed by atoms with Crippen molar-refractivity contribution in [3.63, 3.8) is 0 Å². The molecule has 1 N–H and O–H groups in total. The number of rotatable bonds is 7. The van der Waals surface area contributed by atoms with Crippen LogP contribution in [0, 0.1) is 17.0 Å². The first-order valence-electron chi connectivity index (χ1n) is 11.0. The third-order valence-corrected chi connectivity index (χ3v) is 6.01. The number of aromatic nitrogens is 2. The number of likely N-dealkylation sites (tertiary alicyclic amines) is 1. The van der Waals surface area contributed by atoms with Crippen LogP contribution in [0.2, 0.25) is 0 Å². The maximum absolute atomic E-state index is 13.2. The van der Waals surface area contributed by atoms with Gasteiger partial charge in [-0.05, 0) is 50.8 Å². The van der Waals surface area contributed by atoms with Crippen molar-refractivity contribution >= 4 is 23.1 Å². The van der Waals surface area contributed by atoms with E-state index in [2.05, 4.69) is 5.10 Å². The first-order valence-corrected chi connectivity index (χ1v) is 11.0. The van der Waals surface area contributed by atoms with Crippen LogP contribution in [-0.4, -0.2) is 68.5 Å². The Labute approximate surface area is 201 Å². The molecule has 1 atom stereocenters. The molecule has 10 nitrogen and oxygen atoms in total. The van der Waals surface area contributed by atoms with E-state index in [4.69, 9.17) is 0 Å². The predicted octanol–water partition coefficient (Wildman–Crippen LogP) is 3.07. The van der Waals surface area contributed by atoms with Gasteiger partial charge in [-0.15, -0.1) is 0 Å². The van der Waals surface area contributed by atoms with Gasteiger partial charge in [0.2, 0.25) is 0 Å². The number of Topliss-reactive ketones (excluding diaryl/α,β-unsaturated/α-hetero) is 1. The van der Waals surface area contributed by atoms with Crippen molar-refractivity contribution in [1.29, 1.82) is 0 Å². The Morgan fingerprint density at radius 2 is 1.77 bits per heavy atom. The second-order valence-corrected chi connectivity index (χ2v) is 8.54. The van der Waals surface area contributed by atoms with Gasteiger partial charge >= 0.3 is 0 Å². The van der Waals surface area contributed by atoms with Crippen LogP contribution in [0.15, 0.2) is 66.4 Å². The number of ketones is 1. The summed E-state index contributed by atoms with van der Waals surface area (Å²) in [7, 11) is 3.69. The minimum atomic E-state index is -0.893. The van der Waals surface area contributed by atoms with E-state index in [-0.39, 0.29) is 23.6 Å². The summed E-state index contributed by atoms with van der Waals surface area (Å²) in [5.74, 6) is -1.87. The monoisotopic (exact) mass is 475 g/mol. The molecule has 0 radical (unpaired) electrons. The van der Waals surface area contributed by atoms with E-state index in [9.17, 15) is 24.8 Å². The average Bonchev–Trinajstić information content (AvgIpc) is 3.35. The zero-order valence-electron chi connectivity index (χ0n) is 19.6. The molecule has 1 saturated heterocycles. The number of carbonyl (C=O) groups excluding carboxylic acids is 2. The normalized spacial score (nSPS) is 17.4. The number of nitro groups is 1. The number of nitrogens with zero attached hydrogens (tertiary/aromatic N) is 5. The maximum Gasteiger partial charge on any atom is 0.295 e. The highest BCUT2D eigenvalue weighted by Gasteiger charge is 2.46. The van der Waals surface area contributed by atoms with E-state index in [0.29, 0.717) is 23.4 Å². The van der Waals surface area contributed by atoms with Crippen LogP contribution in [0.5, 0.6) is 0 Å². The maximum atomic E-state index is 13.2. The molecule has 10 heteroatoms. The first kappa shape index (κ1) is 23.8. The Kier molecular flexibility index (Phi) is 6.48. The fourth-order valence-electron chi connectivity index (χ4n) is 4.16. The van der Waals surface area contributed by atoms with Crippen LogP contribution in [0.1, 0.15) is 22.9 Å². The number of hydrogen-bond donors (Lipinski definition) is 1. The number of non-ortho nitro benzene ring substituents is 1. The molecule has 3 aromatic rings. The molecule has 35 heavy (non-hydrogen) atoms. The van der Waals surface area contributed by atoms with E-state index < -0.39 is 22.7 Å². The summed E-state index contributed by atoms with van der Waals surface area (Å²) in [6, 6.07) is 14.1. The van der Waals surface area contributed by atoms with Crippen molar-refractivity contribution in [3.05, 3.63) is 93.3 Å². The SMILES string of the molecule is Cc1c(C(O)=C2C(=O)C(=O)N(CCN(C)C)C2c2ccc([N+](=O)[O-])cc2)cnn1-c1ccccc1. The number of aliphatic hydroxyl groups excluding tert-OH is 1. The van der Waals surface area contributed by atoms with Gasteiger partial charge in [0, 0.05) is 25.2 Å². The Bertz CT molecular complexity index is 1310. The second-order valence-electron chi connectivity index (χ2n) is 8.54. The van der Waals surface area contributed by atoms with Crippen molar-refractivity contribution in [3.8, 4) is 5.69 Å². The van der Waals surface area contributed by atoms with E-state index in [1.807, 2.05) is 49.3 Å². The number of para-hydroxylation sites is 1. The minimum Gasteiger partial charge on any atom is -0.507 e. The van der Waals surface area contributed by atoms with Crippen molar-refractivity contribution in [2.45, 2.75) is 13.0 Å². The Hall–Kier alpha value is -4.31. The highest BCUT2D eigenvalue weighted by Crippen LogP contribution is 2.40. The van der Waals surface area contributed by atoms with Gasteiger partial charge in [-0.1, -0.05) is 18.2 Å². The minimum absolute atomic E-state index is 0.0710. The molecule has 1 aliphatic rings. The predicted molar refractivity (Wildman–Crippen MR) is 129 cm³/mol. The van der Waals surface area contributed by atoms with Gasteiger partial charge < -0.3 is 14.9 Å². The van der Waals surface area contributed by atoms with Crippen LogP contribution < -0.4 is 0 Å². The first-order chi connectivity index (χ1) is 16.7. The zero-order valence-corrected chi connectivity index (χ0v) is 19.6. The van der Waals surface area contributed by atoms with Crippen molar-refractivity contribution in [2.75, 3.05) is 27.2 Å². The lowest BCUT2D eigenvalue weighted by Gasteiger charge is -2.26. The highest BCUT2D eigenvalue weighted by atomic mass is 16.6. The average molecular weight is 476 g/mol. The van der Waals surface area contributed by atoms with Gasteiger partial charge in [0.15, 0.2) is 0 Å². The van der Waals surface area contributed by atoms with Gasteiger partial charge in [-0.25, -0.2) is 4.68 Å². The summed E-state index contributed by atoms with van der Waals surface area (Å²) in [5, 5.41) is 26.8. The topological polar surface area (TPSA) is 122 Å². The van der Waals surface area contributed by atoms with Crippen molar-refractivity contribution in [2.24, 2.45) is 0 Å². The fraction of sp³-hybridized carbons (Fsp3) is 0.240. The third-order valence-electron chi connectivity index (χ3n) is 6.01. The molecular weight excluding hydrogens is 450 g/mol. The number of benzene rings is 2. The van der Waals surface area contributed by atoms with E-state index >= 15 is 0 Å². The lowest BCUT2D eigenvalue weighted by atomic mass is 9.95. The Balaban J connectivity index is 1.84. The van der Waals surface area contributed by atoms with E-state index in [1.54, 1.807) is 11.6 Å². The molecule has 1 unspecified atom stereocenters. The van der Waals surface area contributed by atoms with E-state index in [1.165, 1.54) is 35.4 Å². The smallest absolute Gasteiger partial charge is 0.295 e. The lowest BCUT2D eigenvalue weighted by Crippen LogP contribution is -2.35. The summed E-state index contributed by atoms with van der Waals surface area (Å²) < 4.78 is 1.64. The standard InChI is InChI=1S/C25H25N5O5/c1-16-20(15-26-29(16)18-7-5-4-6-8-18)23(31)21-22(17-9-11-19(12-10-17)30(34)35)28(14-13-27(2)3)25(33)24(21)32/h4-12,15,22,31H,13-14H2,1-3H3. The second kappa shape index (κ2) is 9.51. The molecule has 2 aromatic carbocycles. The van der Waals surface area contributed by atoms with Crippen LogP contribution in [0.4, 0.5) is 5.69 Å². The molecule has 0 bridgehead atoms. The van der Waals surface area contributed by atoms with Gasteiger partial charge in [0.1, 0.15) is 5.76 Å². The van der Waals surface area contributed by atoms with Crippen LogP contribution in [-0.2, 0) is 9.59 Å². The molecule has 0 aliphatic carbocycles. The molecular formula is C25H25N5O5. The molecule has 0 saturated carbocycles. The van der Waals surface area contributed by atoms with Gasteiger partial charge in [0.05, 0.1) is 39.7 Å². The molecule has 0 spiro atoms. The summed E-state index contributed by atoms with van der Waals surface area (Å²) >= 11 is 0. The summed E-state index contributed by atoms with van der Waals surface area (Å²) in [6.45, 7) is 2.48. The van der Waals surface area contributed by atoms with Crippen LogP contribution >= 0.6 is 0 Å². The quantitative estimate of drug-likeness (QED) is 0.183. The van der Waals surface area contributed by atoms with Crippen molar-refractivity contribution < 1.29 is 19.6 Å². The summed E-state index contributed by atoms with van der Waals surface area (Å²) in [5.41, 5.74) is 2.00. The molecule has 2 heterocycles. The fourth-order valence-corrected chi connectivity index (χ4v) is 4.16. The van der Waals surface area contributed by atoms with Gasteiger partial charge in [-0.3, -0.25) is 19.7 Å². The third kappa shape index (κ3) is 4.43. The molecule has 1 fully saturated rings. The largest absolute Gasteiger partial charge is 0.507 e. The zero-order chi connectivity index (χ0) is 25.3. The highest BCUT2D eigenvalue weighted by molar-refractivity contribution is 6.46.